The monoisotopic (exact) mass is 223 g/mol. The normalized spacial score (nSPS) is 12.8. The van der Waals surface area contributed by atoms with Gasteiger partial charge >= 0.3 is 0 Å². The molecule has 0 saturated carbocycles. The zero-order chi connectivity index (χ0) is 12.0. The Hall–Kier alpha value is -1.16. The van der Waals surface area contributed by atoms with Crippen molar-refractivity contribution >= 4 is 0 Å². The van der Waals surface area contributed by atoms with Gasteiger partial charge in [0.1, 0.15) is 0 Å². The first-order chi connectivity index (χ1) is 7.61. The number of hydrogen-bond acceptors (Lipinski definition) is 4. The predicted octanol–water partition coefficient (Wildman–Crippen LogP) is 2.15. The summed E-state index contributed by atoms with van der Waals surface area (Å²) < 4.78 is 5.55. The number of nitrogens with zero attached hydrogens (tertiary/aromatic N) is 2. The number of nitrogens with one attached hydrogen (secondary N) is 1. The number of rotatable bonds is 6. The van der Waals surface area contributed by atoms with Crippen LogP contribution >= 0.6 is 0 Å². The Morgan fingerprint density at radius 2 is 2.00 bits per heavy atom. The van der Waals surface area contributed by atoms with Gasteiger partial charge in [0, 0.05) is 12.6 Å². The minimum absolute atomic E-state index is 0.189. The summed E-state index contributed by atoms with van der Waals surface area (Å²) in [6, 6.07) is 0.456. The summed E-state index contributed by atoms with van der Waals surface area (Å²) in [6.45, 7) is 9.06. The minimum Gasteiger partial charge on any atom is -0.474 e. The lowest BCUT2D eigenvalue weighted by molar-refractivity contribution is 0.207. The van der Waals surface area contributed by atoms with Crippen molar-refractivity contribution in [1.29, 1.82) is 0 Å². The Bertz CT molecular complexity index is 298. The van der Waals surface area contributed by atoms with E-state index in [1.165, 1.54) is 0 Å². The number of ether oxygens (including phenoxy) is 1. The van der Waals surface area contributed by atoms with Crippen molar-refractivity contribution in [2.24, 2.45) is 0 Å². The molecule has 0 aliphatic heterocycles. The van der Waals surface area contributed by atoms with Gasteiger partial charge in [0.25, 0.3) is 0 Å². The summed E-state index contributed by atoms with van der Waals surface area (Å²) in [4.78, 5) is 8.51. The van der Waals surface area contributed by atoms with E-state index >= 15 is 0 Å². The highest BCUT2D eigenvalue weighted by Crippen LogP contribution is 2.08. The fraction of sp³-hybridized carbons (Fsp3) is 0.667. The molecule has 0 aliphatic rings. The van der Waals surface area contributed by atoms with Gasteiger partial charge in [-0.05, 0) is 13.3 Å². The third kappa shape index (κ3) is 4.57. The van der Waals surface area contributed by atoms with Gasteiger partial charge in [-0.1, -0.05) is 20.8 Å². The first-order valence-corrected chi connectivity index (χ1v) is 5.82. The van der Waals surface area contributed by atoms with Gasteiger partial charge in [-0.2, -0.15) is 0 Å². The molecule has 1 aromatic heterocycles. The van der Waals surface area contributed by atoms with E-state index in [0.29, 0.717) is 11.9 Å². The lowest BCUT2D eigenvalue weighted by atomic mass is 10.3. The fourth-order valence-corrected chi connectivity index (χ4v) is 1.09. The molecule has 1 heterocycles. The molecule has 0 saturated heterocycles. The molecular weight excluding hydrogens is 202 g/mol. The average Bonchev–Trinajstić information content (AvgIpc) is 2.28. The average molecular weight is 223 g/mol. The van der Waals surface area contributed by atoms with Crippen LogP contribution in [0.4, 0.5) is 0 Å². The van der Waals surface area contributed by atoms with Gasteiger partial charge < -0.3 is 10.1 Å². The smallest absolute Gasteiger partial charge is 0.232 e. The molecule has 16 heavy (non-hydrogen) atoms. The van der Waals surface area contributed by atoms with Crippen molar-refractivity contribution < 1.29 is 4.74 Å². The lowest BCUT2D eigenvalue weighted by Crippen LogP contribution is -2.22. The summed E-state index contributed by atoms with van der Waals surface area (Å²) in [5.41, 5.74) is 0.935. The second-order valence-corrected chi connectivity index (χ2v) is 4.22. The van der Waals surface area contributed by atoms with E-state index in [2.05, 4.69) is 36.1 Å². The molecule has 4 nitrogen and oxygen atoms in total. The summed E-state index contributed by atoms with van der Waals surface area (Å²) >= 11 is 0. The molecule has 0 radical (unpaired) electrons. The Kier molecular flexibility index (Phi) is 5.19. The van der Waals surface area contributed by atoms with Gasteiger partial charge in [-0.25, -0.2) is 4.98 Å². The molecule has 90 valence electrons. The van der Waals surface area contributed by atoms with Crippen LogP contribution in [0.1, 0.15) is 39.8 Å². The Morgan fingerprint density at radius 1 is 1.25 bits per heavy atom. The fourth-order valence-electron chi connectivity index (χ4n) is 1.09. The molecule has 0 fully saturated rings. The van der Waals surface area contributed by atoms with Gasteiger partial charge in [-0.15, -0.1) is 0 Å². The second kappa shape index (κ2) is 6.43. The number of hydrogen-bond donors (Lipinski definition) is 1. The molecular formula is C12H21N3O. The first kappa shape index (κ1) is 12.9. The maximum Gasteiger partial charge on any atom is 0.232 e. The van der Waals surface area contributed by atoms with Crippen molar-refractivity contribution in [3.05, 3.63) is 18.1 Å². The maximum atomic E-state index is 5.55. The Labute approximate surface area is 97.5 Å². The van der Waals surface area contributed by atoms with Crippen molar-refractivity contribution in [3.8, 4) is 5.88 Å². The molecule has 0 bridgehead atoms. The highest BCUT2D eigenvalue weighted by atomic mass is 16.5. The van der Waals surface area contributed by atoms with Crippen LogP contribution in [0.15, 0.2) is 12.4 Å². The van der Waals surface area contributed by atoms with E-state index < -0.39 is 0 Å². The molecule has 1 rings (SSSR count). The molecule has 1 unspecified atom stereocenters. The Morgan fingerprint density at radius 3 is 2.50 bits per heavy atom. The molecule has 1 N–H and O–H groups in total. The summed E-state index contributed by atoms with van der Waals surface area (Å²) in [6.07, 6.45) is 4.60. The molecule has 1 aromatic rings. The van der Waals surface area contributed by atoms with Crippen LogP contribution in [0, 0.1) is 0 Å². The highest BCUT2D eigenvalue weighted by Gasteiger charge is 2.03. The molecule has 0 amide bonds. The van der Waals surface area contributed by atoms with E-state index in [9.17, 15) is 0 Å². The molecule has 0 aromatic carbocycles. The van der Waals surface area contributed by atoms with E-state index in [4.69, 9.17) is 4.74 Å². The quantitative estimate of drug-likeness (QED) is 0.802. The van der Waals surface area contributed by atoms with Crippen molar-refractivity contribution in [2.45, 2.75) is 52.8 Å². The van der Waals surface area contributed by atoms with Crippen LogP contribution in [-0.2, 0) is 6.54 Å². The minimum atomic E-state index is 0.189. The van der Waals surface area contributed by atoms with E-state index in [1.807, 2.05) is 6.92 Å². The van der Waals surface area contributed by atoms with Crippen molar-refractivity contribution in [1.82, 2.24) is 15.3 Å². The summed E-state index contributed by atoms with van der Waals surface area (Å²) in [5, 5.41) is 3.29. The third-order valence-electron chi connectivity index (χ3n) is 2.27. The lowest BCUT2D eigenvalue weighted by Gasteiger charge is -2.11. The van der Waals surface area contributed by atoms with E-state index in [0.717, 1.165) is 18.7 Å². The van der Waals surface area contributed by atoms with Crippen LogP contribution in [0.5, 0.6) is 5.88 Å². The van der Waals surface area contributed by atoms with E-state index in [1.54, 1.807) is 12.4 Å². The van der Waals surface area contributed by atoms with Gasteiger partial charge in [-0.3, -0.25) is 4.98 Å². The SMILES string of the molecule is CCC(C)Oc1cnc(CNC(C)C)cn1. The van der Waals surface area contributed by atoms with Gasteiger partial charge in [0.2, 0.25) is 5.88 Å². The molecule has 0 spiro atoms. The van der Waals surface area contributed by atoms with Gasteiger partial charge in [0.05, 0.1) is 24.2 Å². The van der Waals surface area contributed by atoms with Crippen molar-refractivity contribution in [2.75, 3.05) is 0 Å². The largest absolute Gasteiger partial charge is 0.474 e. The predicted molar refractivity (Wildman–Crippen MR) is 64.4 cm³/mol. The van der Waals surface area contributed by atoms with Gasteiger partial charge in [0.15, 0.2) is 0 Å². The summed E-state index contributed by atoms with van der Waals surface area (Å²) in [5.74, 6) is 0.600. The van der Waals surface area contributed by atoms with Crippen LogP contribution in [0.3, 0.4) is 0 Å². The highest BCUT2D eigenvalue weighted by molar-refractivity contribution is 5.07. The second-order valence-electron chi connectivity index (χ2n) is 4.22. The standard InChI is InChI=1S/C12H21N3O/c1-5-10(4)16-12-8-14-11(7-15-12)6-13-9(2)3/h7-10,13H,5-6H2,1-4H3. The Balaban J connectivity index is 2.47. The molecule has 1 atom stereocenters. The zero-order valence-electron chi connectivity index (χ0n) is 10.5. The van der Waals surface area contributed by atoms with Crippen LogP contribution in [-0.4, -0.2) is 22.1 Å². The number of aromatic nitrogens is 2. The molecule has 0 aliphatic carbocycles. The van der Waals surface area contributed by atoms with E-state index in [-0.39, 0.29) is 6.10 Å². The topological polar surface area (TPSA) is 47.0 Å². The van der Waals surface area contributed by atoms with Crippen LogP contribution in [0.25, 0.3) is 0 Å². The third-order valence-corrected chi connectivity index (χ3v) is 2.27. The van der Waals surface area contributed by atoms with Crippen LogP contribution < -0.4 is 10.1 Å². The maximum absolute atomic E-state index is 5.55. The molecule has 4 heteroatoms. The summed E-state index contributed by atoms with van der Waals surface area (Å²) in [7, 11) is 0. The van der Waals surface area contributed by atoms with Crippen molar-refractivity contribution in [3.63, 3.8) is 0 Å². The first-order valence-electron chi connectivity index (χ1n) is 5.82. The zero-order valence-corrected chi connectivity index (χ0v) is 10.5. The van der Waals surface area contributed by atoms with Crippen LogP contribution in [0.2, 0.25) is 0 Å².